The number of carbonyl (C=O) groups is 1. The molecule has 17 heavy (non-hydrogen) atoms. The first-order valence-electron chi connectivity index (χ1n) is 7.22. The molecule has 1 amide bonds. The van der Waals surface area contributed by atoms with E-state index in [0.29, 0.717) is 0 Å². The molecule has 0 atom stereocenters. The Morgan fingerprint density at radius 2 is 1.76 bits per heavy atom. The number of amides is 1. The Labute approximate surface area is 106 Å². The lowest BCUT2D eigenvalue weighted by Gasteiger charge is -2.28. The molecule has 1 aliphatic rings. The average Bonchev–Trinajstić information content (AvgIpc) is 2.34. The van der Waals surface area contributed by atoms with Gasteiger partial charge in [0.05, 0.1) is 0 Å². The fraction of sp³-hybridized carbons (Fsp3) is 0.929. The first-order chi connectivity index (χ1) is 8.24. The number of piperidine rings is 1. The summed E-state index contributed by atoms with van der Waals surface area (Å²) >= 11 is 0. The van der Waals surface area contributed by atoms with Crippen LogP contribution in [-0.4, -0.2) is 48.4 Å². The minimum Gasteiger partial charge on any atom is -0.343 e. The summed E-state index contributed by atoms with van der Waals surface area (Å²) in [6.07, 6.45) is 7.52. The van der Waals surface area contributed by atoms with E-state index in [1.54, 1.807) is 6.92 Å². The molecule has 0 aromatic heterocycles. The van der Waals surface area contributed by atoms with Gasteiger partial charge in [-0.25, -0.2) is 0 Å². The monoisotopic (exact) mass is 240 g/mol. The van der Waals surface area contributed by atoms with Gasteiger partial charge in [0.15, 0.2) is 0 Å². The van der Waals surface area contributed by atoms with E-state index in [-0.39, 0.29) is 5.91 Å². The van der Waals surface area contributed by atoms with Crippen LogP contribution in [0.5, 0.6) is 0 Å². The second-order valence-electron chi connectivity index (χ2n) is 5.12. The van der Waals surface area contributed by atoms with E-state index in [9.17, 15) is 4.79 Å². The Bertz CT molecular complexity index is 212. The van der Waals surface area contributed by atoms with Gasteiger partial charge in [-0.3, -0.25) is 4.79 Å². The van der Waals surface area contributed by atoms with Crippen molar-refractivity contribution in [1.29, 1.82) is 0 Å². The molecule has 0 aromatic rings. The van der Waals surface area contributed by atoms with Crippen LogP contribution >= 0.6 is 0 Å². The quantitative estimate of drug-likeness (QED) is 0.682. The van der Waals surface area contributed by atoms with E-state index >= 15 is 0 Å². The summed E-state index contributed by atoms with van der Waals surface area (Å²) in [6.45, 7) is 9.42. The van der Waals surface area contributed by atoms with E-state index in [1.165, 1.54) is 32.4 Å². The molecule has 1 aliphatic heterocycles. The predicted octanol–water partition coefficient (Wildman–Crippen LogP) is 2.51. The van der Waals surface area contributed by atoms with E-state index in [4.69, 9.17) is 0 Å². The van der Waals surface area contributed by atoms with Crippen LogP contribution in [0.15, 0.2) is 0 Å². The third-order valence-electron chi connectivity index (χ3n) is 3.58. The molecule has 0 N–H and O–H groups in total. The summed E-state index contributed by atoms with van der Waals surface area (Å²) in [5.74, 6) is 0.233. The summed E-state index contributed by atoms with van der Waals surface area (Å²) in [5, 5.41) is 0. The molecule has 0 spiro atoms. The van der Waals surface area contributed by atoms with Gasteiger partial charge >= 0.3 is 0 Å². The number of carbonyl (C=O) groups excluding carboxylic acids is 1. The molecule has 100 valence electrons. The van der Waals surface area contributed by atoms with Crippen molar-refractivity contribution in [1.82, 2.24) is 9.80 Å². The number of rotatable bonds is 7. The van der Waals surface area contributed by atoms with E-state index in [1.807, 2.05) is 4.90 Å². The highest BCUT2D eigenvalue weighted by molar-refractivity contribution is 5.73. The topological polar surface area (TPSA) is 23.6 Å². The molecule has 3 nitrogen and oxygen atoms in total. The normalized spacial score (nSPS) is 17.1. The number of hydrogen-bond donors (Lipinski definition) is 0. The fourth-order valence-corrected chi connectivity index (χ4v) is 2.44. The molecular formula is C14H28N2O. The highest BCUT2D eigenvalue weighted by Gasteiger charge is 2.11. The molecule has 1 fully saturated rings. The molecule has 0 radical (unpaired) electrons. The van der Waals surface area contributed by atoms with Crippen LogP contribution in [0.2, 0.25) is 0 Å². The van der Waals surface area contributed by atoms with Crippen LogP contribution in [0.1, 0.15) is 52.4 Å². The summed E-state index contributed by atoms with van der Waals surface area (Å²) < 4.78 is 0. The maximum Gasteiger partial charge on any atom is 0.219 e. The third kappa shape index (κ3) is 6.06. The van der Waals surface area contributed by atoms with Crippen molar-refractivity contribution in [3.8, 4) is 0 Å². The Morgan fingerprint density at radius 3 is 2.35 bits per heavy atom. The summed E-state index contributed by atoms with van der Waals surface area (Å²) in [4.78, 5) is 16.0. The van der Waals surface area contributed by atoms with Gasteiger partial charge in [-0.05, 0) is 45.3 Å². The van der Waals surface area contributed by atoms with Gasteiger partial charge in [-0.1, -0.05) is 19.8 Å². The lowest BCUT2D eigenvalue weighted by Crippen LogP contribution is -2.35. The predicted molar refractivity (Wildman–Crippen MR) is 72.1 cm³/mol. The van der Waals surface area contributed by atoms with Gasteiger partial charge in [0.1, 0.15) is 0 Å². The smallest absolute Gasteiger partial charge is 0.219 e. The maximum atomic E-state index is 11.4. The first kappa shape index (κ1) is 14.5. The number of hydrogen-bond acceptors (Lipinski definition) is 2. The fourth-order valence-electron chi connectivity index (χ4n) is 2.44. The molecular weight excluding hydrogens is 212 g/mol. The van der Waals surface area contributed by atoms with Gasteiger partial charge in [-0.15, -0.1) is 0 Å². The van der Waals surface area contributed by atoms with Crippen LogP contribution in [0, 0.1) is 0 Å². The Morgan fingerprint density at radius 1 is 1.12 bits per heavy atom. The minimum atomic E-state index is 0.233. The van der Waals surface area contributed by atoms with E-state index in [2.05, 4.69) is 11.8 Å². The second kappa shape index (κ2) is 8.51. The molecule has 0 saturated carbocycles. The third-order valence-corrected chi connectivity index (χ3v) is 3.58. The lowest BCUT2D eigenvalue weighted by molar-refractivity contribution is -0.129. The Hall–Kier alpha value is -0.570. The Kier molecular flexibility index (Phi) is 7.25. The van der Waals surface area contributed by atoms with Crippen molar-refractivity contribution < 1.29 is 4.79 Å². The van der Waals surface area contributed by atoms with Crippen molar-refractivity contribution in [3.05, 3.63) is 0 Å². The van der Waals surface area contributed by atoms with Crippen molar-refractivity contribution in [2.45, 2.75) is 52.4 Å². The molecule has 0 aliphatic carbocycles. The standard InChI is InChI=1S/C14H28N2O/c1-3-4-12-16(14(2)17)13-8-11-15-9-6-5-7-10-15/h3-13H2,1-2H3. The zero-order valence-electron chi connectivity index (χ0n) is 11.6. The summed E-state index contributed by atoms with van der Waals surface area (Å²) in [5.41, 5.74) is 0. The summed E-state index contributed by atoms with van der Waals surface area (Å²) in [7, 11) is 0. The van der Waals surface area contributed by atoms with Crippen LogP contribution in [0.25, 0.3) is 0 Å². The number of likely N-dealkylation sites (tertiary alicyclic amines) is 1. The Balaban J connectivity index is 2.14. The van der Waals surface area contributed by atoms with Crippen LogP contribution < -0.4 is 0 Å². The highest BCUT2D eigenvalue weighted by atomic mass is 16.2. The van der Waals surface area contributed by atoms with Gasteiger partial charge in [0, 0.05) is 20.0 Å². The zero-order valence-corrected chi connectivity index (χ0v) is 11.6. The van der Waals surface area contributed by atoms with Crippen LogP contribution in [0.3, 0.4) is 0 Å². The van der Waals surface area contributed by atoms with Crippen molar-refractivity contribution in [2.24, 2.45) is 0 Å². The molecule has 1 saturated heterocycles. The minimum absolute atomic E-state index is 0.233. The summed E-state index contributed by atoms with van der Waals surface area (Å²) in [6, 6.07) is 0. The lowest BCUT2D eigenvalue weighted by atomic mass is 10.1. The van der Waals surface area contributed by atoms with E-state index < -0.39 is 0 Å². The van der Waals surface area contributed by atoms with Crippen LogP contribution in [0.4, 0.5) is 0 Å². The number of unbranched alkanes of at least 4 members (excludes halogenated alkanes) is 1. The molecule has 1 heterocycles. The molecule has 0 aromatic carbocycles. The van der Waals surface area contributed by atoms with Gasteiger partial charge < -0.3 is 9.80 Å². The molecule has 0 unspecified atom stereocenters. The van der Waals surface area contributed by atoms with Gasteiger partial charge in [-0.2, -0.15) is 0 Å². The largest absolute Gasteiger partial charge is 0.343 e. The maximum absolute atomic E-state index is 11.4. The zero-order chi connectivity index (χ0) is 12.5. The second-order valence-corrected chi connectivity index (χ2v) is 5.12. The van der Waals surface area contributed by atoms with Crippen LogP contribution in [-0.2, 0) is 4.79 Å². The van der Waals surface area contributed by atoms with Crippen molar-refractivity contribution >= 4 is 5.91 Å². The van der Waals surface area contributed by atoms with Crippen molar-refractivity contribution in [2.75, 3.05) is 32.7 Å². The molecule has 0 bridgehead atoms. The SMILES string of the molecule is CCCCN(CCCN1CCCCC1)C(C)=O. The molecule has 1 rings (SSSR count). The highest BCUT2D eigenvalue weighted by Crippen LogP contribution is 2.09. The van der Waals surface area contributed by atoms with Crippen molar-refractivity contribution in [3.63, 3.8) is 0 Å². The average molecular weight is 240 g/mol. The first-order valence-corrected chi connectivity index (χ1v) is 7.22. The molecule has 3 heteroatoms. The van der Waals surface area contributed by atoms with Gasteiger partial charge in [0.2, 0.25) is 5.91 Å². The van der Waals surface area contributed by atoms with Gasteiger partial charge in [0.25, 0.3) is 0 Å². The number of nitrogens with zero attached hydrogens (tertiary/aromatic N) is 2. The van der Waals surface area contributed by atoms with E-state index in [0.717, 1.165) is 38.9 Å².